The average molecular weight is 335 g/mol. The summed E-state index contributed by atoms with van der Waals surface area (Å²) in [7, 11) is 0. The minimum Gasteiger partial charge on any atom is -0.304 e. The van der Waals surface area contributed by atoms with Crippen LogP contribution in [0.5, 0.6) is 0 Å². The lowest BCUT2D eigenvalue weighted by Gasteiger charge is -2.43. The summed E-state index contributed by atoms with van der Waals surface area (Å²) >= 11 is 8.05. The van der Waals surface area contributed by atoms with Gasteiger partial charge in [-0.1, -0.05) is 69.0 Å². The van der Waals surface area contributed by atoms with Crippen LogP contribution in [-0.2, 0) is 11.8 Å². The van der Waals surface area contributed by atoms with Gasteiger partial charge in [0.1, 0.15) is 0 Å². The first-order valence-electron chi connectivity index (χ1n) is 6.97. The van der Waals surface area contributed by atoms with E-state index >= 15 is 0 Å². The van der Waals surface area contributed by atoms with Gasteiger partial charge in [-0.15, -0.1) is 11.4 Å². The fourth-order valence-electron chi connectivity index (χ4n) is 2.25. The molecular formula is C17H22NPS2. The predicted octanol–water partition coefficient (Wildman–Crippen LogP) is 6.30. The maximum atomic E-state index is 6.23. The van der Waals surface area contributed by atoms with Gasteiger partial charge in [-0.25, -0.2) is 0 Å². The zero-order chi connectivity index (χ0) is 15.5. The minimum atomic E-state index is -1.85. The lowest BCUT2D eigenvalue weighted by atomic mass is 10.2. The Kier molecular flexibility index (Phi) is 5.19. The molecular weight excluding hydrogens is 313 g/mol. The van der Waals surface area contributed by atoms with E-state index in [-0.39, 0.29) is 5.16 Å². The van der Waals surface area contributed by atoms with Crippen molar-refractivity contribution in [3.63, 3.8) is 0 Å². The van der Waals surface area contributed by atoms with E-state index in [1.165, 1.54) is 11.4 Å². The zero-order valence-electron chi connectivity index (χ0n) is 13.0. The molecule has 4 heteroatoms. The molecule has 0 saturated heterocycles. The van der Waals surface area contributed by atoms with E-state index in [2.05, 4.69) is 80.2 Å². The van der Waals surface area contributed by atoms with Crippen molar-refractivity contribution >= 4 is 40.0 Å². The lowest BCUT2D eigenvalue weighted by Crippen LogP contribution is -2.25. The highest BCUT2D eigenvalue weighted by Gasteiger charge is 2.38. The number of benzene rings is 2. The number of hydrogen-bond donors (Lipinski definition) is 0. The molecule has 0 bridgehead atoms. The van der Waals surface area contributed by atoms with Crippen molar-refractivity contribution < 1.29 is 0 Å². The molecule has 0 amide bonds. The summed E-state index contributed by atoms with van der Waals surface area (Å²) in [6, 6.07) is 21.0. The molecule has 0 N–H and O–H groups in total. The maximum Gasteiger partial charge on any atom is 0.0982 e. The molecule has 1 atom stereocenters. The minimum absolute atomic E-state index is 0.0490. The summed E-state index contributed by atoms with van der Waals surface area (Å²) in [5.74, 6) is 0. The fraction of sp³-hybridized carbons (Fsp3) is 0.294. The number of hydrogen-bond acceptors (Lipinski definition) is 2. The second kappa shape index (κ2) is 6.56. The highest BCUT2D eigenvalue weighted by molar-refractivity contribution is 8.71. The van der Waals surface area contributed by atoms with Gasteiger partial charge in [0.15, 0.2) is 0 Å². The molecule has 0 spiro atoms. The van der Waals surface area contributed by atoms with Gasteiger partial charge in [0.05, 0.1) is 5.39 Å². The van der Waals surface area contributed by atoms with Crippen LogP contribution in [0.3, 0.4) is 0 Å². The highest BCUT2D eigenvalue weighted by atomic mass is 32.9. The van der Waals surface area contributed by atoms with Gasteiger partial charge in [-0.2, -0.15) is 0 Å². The molecule has 21 heavy (non-hydrogen) atoms. The van der Waals surface area contributed by atoms with Gasteiger partial charge >= 0.3 is 0 Å². The normalized spacial score (nSPS) is 14.5. The Morgan fingerprint density at radius 3 is 1.52 bits per heavy atom. The van der Waals surface area contributed by atoms with Crippen LogP contribution in [0.15, 0.2) is 60.7 Å². The van der Waals surface area contributed by atoms with Crippen LogP contribution in [0.25, 0.3) is 0 Å². The summed E-state index contributed by atoms with van der Waals surface area (Å²) in [6.07, 6.45) is 2.14. The van der Waals surface area contributed by atoms with Gasteiger partial charge in [-0.05, 0) is 30.5 Å². The van der Waals surface area contributed by atoms with Crippen molar-refractivity contribution in [2.75, 3.05) is 10.9 Å². The molecule has 112 valence electrons. The second-order valence-electron chi connectivity index (χ2n) is 5.86. The third-order valence-corrected chi connectivity index (χ3v) is 13.6. The number of para-hydroxylation sites is 2. The van der Waals surface area contributed by atoms with E-state index in [0.29, 0.717) is 0 Å². The molecule has 0 aliphatic rings. The van der Waals surface area contributed by atoms with Gasteiger partial charge < -0.3 is 4.67 Å². The van der Waals surface area contributed by atoms with Crippen molar-refractivity contribution in [1.29, 1.82) is 0 Å². The van der Waals surface area contributed by atoms with Crippen molar-refractivity contribution in [2.24, 2.45) is 0 Å². The molecule has 2 aromatic rings. The first-order valence-corrected chi connectivity index (χ1v) is 11.6. The first kappa shape index (κ1) is 16.6. The van der Waals surface area contributed by atoms with Crippen LogP contribution in [0, 0.1) is 0 Å². The van der Waals surface area contributed by atoms with Gasteiger partial charge in [0.25, 0.3) is 0 Å². The van der Waals surface area contributed by atoms with Gasteiger partial charge in [-0.3, -0.25) is 0 Å². The molecule has 1 unspecified atom stereocenters. The third kappa shape index (κ3) is 3.36. The van der Waals surface area contributed by atoms with Crippen molar-refractivity contribution in [1.82, 2.24) is 0 Å². The van der Waals surface area contributed by atoms with Crippen LogP contribution in [0.4, 0.5) is 11.4 Å². The van der Waals surface area contributed by atoms with E-state index in [9.17, 15) is 0 Å². The first-order chi connectivity index (χ1) is 9.90. The van der Waals surface area contributed by atoms with Crippen molar-refractivity contribution in [2.45, 2.75) is 25.9 Å². The van der Waals surface area contributed by atoms with Crippen LogP contribution in [0.1, 0.15) is 20.8 Å². The number of rotatable bonds is 4. The van der Waals surface area contributed by atoms with E-state index in [1.807, 2.05) is 23.5 Å². The standard InChI is InChI=1S/C17H22NPS2/c1-17(2,3)19(20,21-4)18(15-11-7-5-8-12-15)16-13-9-6-10-14-16/h5-14H,1-4H3. The van der Waals surface area contributed by atoms with E-state index in [1.54, 1.807) is 0 Å². The topological polar surface area (TPSA) is 3.24 Å². The predicted molar refractivity (Wildman–Crippen MR) is 103 cm³/mol. The molecule has 0 aliphatic heterocycles. The third-order valence-electron chi connectivity index (χ3n) is 3.36. The molecule has 0 heterocycles. The summed E-state index contributed by atoms with van der Waals surface area (Å²) in [4.78, 5) is 0. The summed E-state index contributed by atoms with van der Waals surface area (Å²) in [5.41, 5.74) is 2.35. The Morgan fingerprint density at radius 2 is 1.24 bits per heavy atom. The molecule has 0 aromatic heterocycles. The molecule has 0 radical (unpaired) electrons. The summed E-state index contributed by atoms with van der Waals surface area (Å²) in [6.45, 7) is 6.76. The number of anilines is 2. The van der Waals surface area contributed by atoms with E-state index in [4.69, 9.17) is 11.8 Å². The largest absolute Gasteiger partial charge is 0.304 e. The Bertz CT molecular complexity index is 581. The molecule has 2 rings (SSSR count). The number of nitrogens with zero attached hydrogens (tertiary/aromatic N) is 1. The monoisotopic (exact) mass is 335 g/mol. The molecule has 0 aliphatic carbocycles. The maximum absolute atomic E-state index is 6.23. The Balaban J connectivity index is 2.65. The molecule has 0 fully saturated rings. The SMILES string of the molecule is CSP(=S)(N(c1ccccc1)c1ccccc1)C(C)(C)C. The smallest absolute Gasteiger partial charge is 0.0982 e. The Morgan fingerprint density at radius 1 is 0.857 bits per heavy atom. The molecule has 0 saturated carbocycles. The van der Waals surface area contributed by atoms with Crippen LogP contribution >= 0.6 is 16.8 Å². The zero-order valence-corrected chi connectivity index (χ0v) is 15.5. The summed E-state index contributed by atoms with van der Waals surface area (Å²) in [5, 5.41) is -1.81. The van der Waals surface area contributed by atoms with E-state index in [0.717, 1.165) is 0 Å². The second-order valence-corrected chi connectivity index (χ2v) is 14.0. The van der Waals surface area contributed by atoms with Crippen molar-refractivity contribution in [3.05, 3.63) is 60.7 Å². The van der Waals surface area contributed by atoms with Crippen LogP contribution < -0.4 is 4.67 Å². The Hall–Kier alpha value is -0.760. The van der Waals surface area contributed by atoms with E-state index < -0.39 is 5.39 Å². The Labute approximate surface area is 137 Å². The molecule has 2 aromatic carbocycles. The van der Waals surface area contributed by atoms with Gasteiger partial charge in [0, 0.05) is 16.5 Å². The average Bonchev–Trinajstić information content (AvgIpc) is 2.48. The van der Waals surface area contributed by atoms with Crippen LogP contribution in [-0.4, -0.2) is 11.4 Å². The molecule has 1 nitrogen and oxygen atoms in total. The highest BCUT2D eigenvalue weighted by Crippen LogP contribution is 2.72. The van der Waals surface area contributed by atoms with Crippen LogP contribution in [0.2, 0.25) is 0 Å². The summed E-state index contributed by atoms with van der Waals surface area (Å²) < 4.78 is 2.38. The quantitative estimate of drug-likeness (QED) is 0.604. The van der Waals surface area contributed by atoms with Gasteiger partial charge in [0.2, 0.25) is 0 Å². The lowest BCUT2D eigenvalue weighted by molar-refractivity contribution is 0.788. The fourth-order valence-corrected chi connectivity index (χ4v) is 7.70. The van der Waals surface area contributed by atoms with Crippen molar-refractivity contribution in [3.8, 4) is 0 Å².